The first-order valence-electron chi connectivity index (χ1n) is 7.26. The Bertz CT molecular complexity index is 566. The second-order valence-electron chi connectivity index (χ2n) is 5.31. The Morgan fingerprint density at radius 3 is 2.75 bits per heavy atom. The highest BCUT2D eigenvalue weighted by Gasteiger charge is 2.32. The fourth-order valence-electron chi connectivity index (χ4n) is 2.93. The van der Waals surface area contributed by atoms with Crippen molar-refractivity contribution in [2.45, 2.75) is 19.3 Å². The quantitative estimate of drug-likeness (QED) is 0.885. The van der Waals surface area contributed by atoms with Gasteiger partial charge in [0.1, 0.15) is 0 Å². The van der Waals surface area contributed by atoms with Crippen molar-refractivity contribution in [2.24, 2.45) is 0 Å². The molecule has 0 aromatic heterocycles. The van der Waals surface area contributed by atoms with Crippen LogP contribution < -0.4 is 9.62 Å². The van der Waals surface area contributed by atoms with Crippen molar-refractivity contribution in [1.29, 1.82) is 0 Å². The molecule has 0 bridgehead atoms. The molecule has 5 nitrogen and oxygen atoms in total. The van der Waals surface area contributed by atoms with Crippen LogP contribution in [-0.2, 0) is 16.6 Å². The average molecular weight is 295 g/mol. The molecule has 1 fully saturated rings. The van der Waals surface area contributed by atoms with Crippen molar-refractivity contribution in [1.82, 2.24) is 9.62 Å². The van der Waals surface area contributed by atoms with Crippen LogP contribution in [0.4, 0.5) is 5.69 Å². The highest BCUT2D eigenvalue weighted by molar-refractivity contribution is 7.90. The van der Waals surface area contributed by atoms with E-state index in [2.05, 4.69) is 5.32 Å². The summed E-state index contributed by atoms with van der Waals surface area (Å²) in [5.74, 6) is 0. The Balaban J connectivity index is 1.92. The minimum Gasteiger partial charge on any atom is -0.315 e. The molecule has 1 aromatic rings. The van der Waals surface area contributed by atoms with Crippen molar-refractivity contribution in [3.63, 3.8) is 0 Å². The third-order valence-electron chi connectivity index (χ3n) is 3.97. The largest absolute Gasteiger partial charge is 0.315 e. The second-order valence-corrected chi connectivity index (χ2v) is 7.17. The van der Waals surface area contributed by atoms with Gasteiger partial charge in [0.15, 0.2) is 0 Å². The minimum atomic E-state index is -3.40. The fourth-order valence-corrected chi connectivity index (χ4v) is 4.68. The van der Waals surface area contributed by atoms with Crippen molar-refractivity contribution < 1.29 is 8.42 Å². The number of nitrogens with one attached hydrogen (secondary N) is 1. The average Bonchev–Trinajstić information content (AvgIpc) is 2.76. The Labute approximate surface area is 120 Å². The first-order chi connectivity index (χ1) is 9.69. The first kappa shape index (κ1) is 13.9. The van der Waals surface area contributed by atoms with E-state index in [-0.39, 0.29) is 0 Å². The Kier molecular flexibility index (Phi) is 3.96. The lowest BCUT2D eigenvalue weighted by Crippen LogP contribution is -2.47. The number of fused-ring (bicyclic) bond motifs is 1. The van der Waals surface area contributed by atoms with Crippen LogP contribution in [0.1, 0.15) is 18.4 Å². The molecular formula is C14H21N3O2S. The zero-order chi connectivity index (χ0) is 14.0. The molecule has 0 aliphatic carbocycles. The maximum absolute atomic E-state index is 12.9. The summed E-state index contributed by atoms with van der Waals surface area (Å²) in [4.78, 5) is 0. The van der Waals surface area contributed by atoms with Gasteiger partial charge in [0.2, 0.25) is 0 Å². The third-order valence-corrected chi connectivity index (χ3v) is 5.93. The van der Waals surface area contributed by atoms with Crippen LogP contribution >= 0.6 is 0 Å². The Morgan fingerprint density at radius 2 is 1.85 bits per heavy atom. The molecule has 6 heteroatoms. The first-order valence-corrected chi connectivity index (χ1v) is 8.66. The van der Waals surface area contributed by atoms with Crippen molar-refractivity contribution in [2.75, 3.05) is 37.0 Å². The molecule has 1 saturated heterocycles. The smallest absolute Gasteiger partial charge is 0.304 e. The van der Waals surface area contributed by atoms with Gasteiger partial charge in [0.25, 0.3) is 0 Å². The molecule has 2 aliphatic heterocycles. The van der Waals surface area contributed by atoms with Crippen LogP contribution in [0, 0.1) is 0 Å². The standard InChI is InChI=1S/C14H21N3O2S/c18-20(19,16-10-4-8-15-9-12-16)17-11-3-6-13-5-1-2-7-14(13)17/h1-2,5,7,15H,3-4,6,8-12H2. The fraction of sp³-hybridized carbons (Fsp3) is 0.571. The summed E-state index contributed by atoms with van der Waals surface area (Å²) >= 11 is 0. The van der Waals surface area contributed by atoms with E-state index < -0.39 is 10.2 Å². The molecule has 2 aliphatic rings. The van der Waals surface area contributed by atoms with Gasteiger partial charge < -0.3 is 5.32 Å². The van der Waals surface area contributed by atoms with Gasteiger partial charge in [-0.3, -0.25) is 4.31 Å². The second kappa shape index (κ2) is 5.71. The SMILES string of the molecule is O=S(=O)(N1CCCNCC1)N1CCCc2ccccc21. The molecule has 2 heterocycles. The predicted molar refractivity (Wildman–Crippen MR) is 80.1 cm³/mol. The summed E-state index contributed by atoms with van der Waals surface area (Å²) in [5, 5.41) is 3.25. The molecular weight excluding hydrogens is 274 g/mol. The molecule has 110 valence electrons. The van der Waals surface area contributed by atoms with Crippen LogP contribution in [0.2, 0.25) is 0 Å². The molecule has 3 rings (SSSR count). The van der Waals surface area contributed by atoms with Crippen molar-refractivity contribution in [3.8, 4) is 0 Å². The summed E-state index contributed by atoms with van der Waals surface area (Å²) in [7, 11) is -3.40. The molecule has 0 saturated carbocycles. The lowest BCUT2D eigenvalue weighted by atomic mass is 10.0. The number of rotatable bonds is 2. The van der Waals surface area contributed by atoms with Gasteiger partial charge in [-0.1, -0.05) is 18.2 Å². The summed E-state index contributed by atoms with van der Waals surface area (Å²) in [6.07, 6.45) is 2.72. The van der Waals surface area contributed by atoms with Crippen LogP contribution in [0.15, 0.2) is 24.3 Å². The van der Waals surface area contributed by atoms with E-state index in [0.717, 1.165) is 43.6 Å². The Morgan fingerprint density at radius 1 is 1.00 bits per heavy atom. The Hall–Kier alpha value is -1.11. The van der Waals surface area contributed by atoms with Crippen molar-refractivity contribution >= 4 is 15.9 Å². The molecule has 0 spiro atoms. The van der Waals surface area contributed by atoms with Crippen LogP contribution in [-0.4, -0.2) is 45.4 Å². The number of hydrogen-bond donors (Lipinski definition) is 1. The van der Waals surface area contributed by atoms with E-state index in [0.29, 0.717) is 19.6 Å². The highest BCUT2D eigenvalue weighted by Crippen LogP contribution is 2.30. The van der Waals surface area contributed by atoms with E-state index >= 15 is 0 Å². The minimum absolute atomic E-state index is 0.557. The van der Waals surface area contributed by atoms with Gasteiger partial charge in [0.05, 0.1) is 5.69 Å². The molecule has 0 amide bonds. The van der Waals surface area contributed by atoms with E-state index in [1.807, 2.05) is 24.3 Å². The van der Waals surface area contributed by atoms with Crippen LogP contribution in [0.5, 0.6) is 0 Å². The molecule has 0 radical (unpaired) electrons. The number of benzene rings is 1. The number of para-hydroxylation sites is 1. The van der Waals surface area contributed by atoms with Gasteiger partial charge in [-0.05, 0) is 37.4 Å². The predicted octanol–water partition coefficient (Wildman–Crippen LogP) is 0.979. The van der Waals surface area contributed by atoms with Crippen LogP contribution in [0.25, 0.3) is 0 Å². The normalized spacial score (nSPS) is 21.3. The van der Waals surface area contributed by atoms with Crippen LogP contribution in [0.3, 0.4) is 0 Å². The monoisotopic (exact) mass is 295 g/mol. The molecule has 1 aromatic carbocycles. The third kappa shape index (κ3) is 2.55. The summed E-state index contributed by atoms with van der Waals surface area (Å²) in [6, 6.07) is 7.84. The topological polar surface area (TPSA) is 52.7 Å². The molecule has 1 N–H and O–H groups in total. The van der Waals surface area contributed by atoms with E-state index in [1.165, 1.54) is 0 Å². The van der Waals surface area contributed by atoms with E-state index in [4.69, 9.17) is 0 Å². The summed E-state index contributed by atoms with van der Waals surface area (Å²) in [5.41, 5.74) is 1.99. The van der Waals surface area contributed by atoms with Crippen molar-refractivity contribution in [3.05, 3.63) is 29.8 Å². The van der Waals surface area contributed by atoms with Gasteiger partial charge in [-0.15, -0.1) is 0 Å². The zero-order valence-corrected chi connectivity index (χ0v) is 12.4. The summed E-state index contributed by atoms with van der Waals surface area (Å²) in [6.45, 7) is 3.37. The summed E-state index contributed by atoms with van der Waals surface area (Å²) < 4.78 is 29.0. The number of hydrogen-bond acceptors (Lipinski definition) is 3. The number of anilines is 1. The van der Waals surface area contributed by atoms with Gasteiger partial charge in [0, 0.05) is 26.2 Å². The van der Waals surface area contributed by atoms with E-state index in [9.17, 15) is 8.42 Å². The van der Waals surface area contributed by atoms with E-state index in [1.54, 1.807) is 8.61 Å². The van der Waals surface area contributed by atoms with Gasteiger partial charge in [-0.2, -0.15) is 12.7 Å². The number of aryl methyl sites for hydroxylation is 1. The lowest BCUT2D eigenvalue weighted by Gasteiger charge is -2.34. The lowest BCUT2D eigenvalue weighted by molar-refractivity contribution is 0.427. The van der Waals surface area contributed by atoms with Gasteiger partial charge >= 0.3 is 10.2 Å². The molecule has 0 unspecified atom stereocenters. The van der Waals surface area contributed by atoms with Gasteiger partial charge in [-0.25, -0.2) is 0 Å². The maximum Gasteiger partial charge on any atom is 0.304 e. The maximum atomic E-state index is 12.9. The molecule has 0 atom stereocenters. The number of nitrogens with zero attached hydrogens (tertiary/aromatic N) is 2. The molecule has 20 heavy (non-hydrogen) atoms. The highest BCUT2D eigenvalue weighted by atomic mass is 32.2. The zero-order valence-electron chi connectivity index (χ0n) is 11.6.